The van der Waals surface area contributed by atoms with Gasteiger partial charge in [-0.1, -0.05) is 0 Å². The number of aromatic nitrogens is 1. The molecule has 0 fully saturated rings. The summed E-state index contributed by atoms with van der Waals surface area (Å²) in [5.74, 6) is 0.552. The smallest absolute Gasteiger partial charge is 0.228 e. The first kappa shape index (κ1) is 10.9. The fraction of sp³-hybridized carbons (Fsp3) is 0.375. The van der Waals surface area contributed by atoms with Crippen molar-refractivity contribution in [2.24, 2.45) is 0 Å². The van der Waals surface area contributed by atoms with Gasteiger partial charge in [-0.15, -0.1) is 0 Å². The van der Waals surface area contributed by atoms with Crippen molar-refractivity contribution in [1.82, 2.24) is 4.98 Å². The summed E-state index contributed by atoms with van der Waals surface area (Å²) < 4.78 is 7.00. The zero-order valence-electron chi connectivity index (χ0n) is 6.83. The Hall–Kier alpha value is -0.130. The summed E-state index contributed by atoms with van der Waals surface area (Å²) in [6.07, 6.45) is 2.28. The van der Waals surface area contributed by atoms with Gasteiger partial charge in [0.25, 0.3) is 0 Å². The molecule has 1 aromatic heterocycles. The molecule has 72 valence electrons. The van der Waals surface area contributed by atoms with Gasteiger partial charge in [0.1, 0.15) is 0 Å². The lowest BCUT2D eigenvalue weighted by molar-refractivity contribution is 0.228. The van der Waals surface area contributed by atoms with Crippen LogP contribution in [-0.2, 0) is 0 Å². The van der Waals surface area contributed by atoms with Crippen LogP contribution in [-0.4, -0.2) is 23.3 Å². The quantitative estimate of drug-likeness (QED) is 0.868. The van der Waals surface area contributed by atoms with Crippen LogP contribution in [0.3, 0.4) is 0 Å². The third-order valence-corrected chi connectivity index (χ3v) is 2.32. The second kappa shape index (κ2) is 5.57. The molecule has 13 heavy (non-hydrogen) atoms. The predicted octanol–water partition coefficient (Wildman–Crippen LogP) is 2.37. The van der Waals surface area contributed by atoms with Crippen molar-refractivity contribution in [2.45, 2.75) is 6.42 Å². The van der Waals surface area contributed by atoms with Crippen LogP contribution in [0.4, 0.5) is 0 Å². The molecule has 0 aliphatic carbocycles. The predicted molar refractivity (Wildman–Crippen MR) is 56.8 cm³/mol. The van der Waals surface area contributed by atoms with Gasteiger partial charge >= 0.3 is 0 Å². The maximum atomic E-state index is 8.54. The first-order chi connectivity index (χ1) is 6.24. The lowest BCUT2D eigenvalue weighted by atomic mass is 10.5. The van der Waals surface area contributed by atoms with Crippen LogP contribution in [0.25, 0.3) is 0 Å². The van der Waals surface area contributed by atoms with E-state index in [0.29, 0.717) is 18.9 Å². The van der Waals surface area contributed by atoms with Crippen LogP contribution in [0.1, 0.15) is 6.42 Å². The fourth-order valence-corrected chi connectivity index (χ4v) is 1.84. The van der Waals surface area contributed by atoms with Crippen molar-refractivity contribution in [3.05, 3.63) is 21.2 Å². The van der Waals surface area contributed by atoms with Crippen molar-refractivity contribution >= 4 is 31.9 Å². The van der Waals surface area contributed by atoms with Gasteiger partial charge in [-0.2, -0.15) is 0 Å². The molecule has 0 aliphatic heterocycles. The molecule has 0 saturated heterocycles. The number of hydrogen-bond acceptors (Lipinski definition) is 3. The zero-order chi connectivity index (χ0) is 9.68. The lowest BCUT2D eigenvalue weighted by Crippen LogP contribution is -2.01. The zero-order valence-corrected chi connectivity index (χ0v) is 10.0. The minimum absolute atomic E-state index is 0.133. The molecule has 0 radical (unpaired) electrons. The van der Waals surface area contributed by atoms with E-state index in [0.717, 1.165) is 8.95 Å². The Balaban J connectivity index is 2.56. The number of pyridine rings is 1. The molecular weight excluding hydrogens is 302 g/mol. The first-order valence-corrected chi connectivity index (χ1v) is 5.37. The average Bonchev–Trinajstić information content (AvgIpc) is 2.09. The standard InChI is InChI=1S/C8H9Br2NO2/c9-6-4-7(10)8(11-5-6)13-3-1-2-12/h4-5,12H,1-3H2. The number of halogens is 2. The molecule has 1 rings (SSSR count). The lowest BCUT2D eigenvalue weighted by Gasteiger charge is -2.05. The van der Waals surface area contributed by atoms with Gasteiger partial charge in [0.2, 0.25) is 5.88 Å². The maximum Gasteiger partial charge on any atom is 0.228 e. The molecule has 0 unspecified atom stereocenters. The number of aliphatic hydroxyl groups excluding tert-OH is 1. The Morgan fingerprint density at radius 1 is 1.46 bits per heavy atom. The van der Waals surface area contributed by atoms with E-state index in [2.05, 4.69) is 36.8 Å². The Morgan fingerprint density at radius 3 is 2.85 bits per heavy atom. The van der Waals surface area contributed by atoms with Gasteiger partial charge in [-0.25, -0.2) is 4.98 Å². The van der Waals surface area contributed by atoms with Crippen molar-refractivity contribution in [3.63, 3.8) is 0 Å². The number of rotatable bonds is 4. The summed E-state index contributed by atoms with van der Waals surface area (Å²) in [4.78, 5) is 4.05. The number of aliphatic hydroxyl groups is 1. The average molecular weight is 311 g/mol. The van der Waals surface area contributed by atoms with Gasteiger partial charge in [0.15, 0.2) is 0 Å². The summed E-state index contributed by atoms with van der Waals surface area (Å²) in [6.45, 7) is 0.609. The summed E-state index contributed by atoms with van der Waals surface area (Å²) in [5.41, 5.74) is 0. The van der Waals surface area contributed by atoms with Crippen molar-refractivity contribution in [3.8, 4) is 5.88 Å². The summed E-state index contributed by atoms with van der Waals surface area (Å²) >= 11 is 6.61. The van der Waals surface area contributed by atoms with Crippen LogP contribution in [0.5, 0.6) is 5.88 Å². The summed E-state index contributed by atoms with van der Waals surface area (Å²) in [7, 11) is 0. The number of ether oxygens (including phenoxy) is 1. The normalized spacial score (nSPS) is 10.1. The van der Waals surface area contributed by atoms with Crippen LogP contribution < -0.4 is 4.74 Å². The van der Waals surface area contributed by atoms with Crippen molar-refractivity contribution in [1.29, 1.82) is 0 Å². The summed E-state index contributed by atoms with van der Waals surface area (Å²) in [6, 6.07) is 1.86. The third kappa shape index (κ3) is 3.62. The van der Waals surface area contributed by atoms with Gasteiger partial charge in [-0.3, -0.25) is 0 Å². The number of nitrogens with zero attached hydrogens (tertiary/aromatic N) is 1. The number of hydrogen-bond donors (Lipinski definition) is 1. The molecule has 1 aromatic rings. The molecule has 0 atom stereocenters. The first-order valence-electron chi connectivity index (χ1n) is 3.78. The van der Waals surface area contributed by atoms with Crippen molar-refractivity contribution < 1.29 is 9.84 Å². The van der Waals surface area contributed by atoms with Gasteiger partial charge < -0.3 is 9.84 Å². The molecule has 0 aromatic carbocycles. The SMILES string of the molecule is OCCCOc1ncc(Br)cc1Br. The molecule has 0 spiro atoms. The Kier molecular flexibility index (Phi) is 4.69. The largest absolute Gasteiger partial charge is 0.477 e. The molecule has 1 N–H and O–H groups in total. The van der Waals surface area contributed by atoms with Gasteiger partial charge in [0.05, 0.1) is 11.1 Å². The Bertz CT molecular complexity index is 281. The highest BCUT2D eigenvalue weighted by Gasteiger charge is 2.02. The van der Waals surface area contributed by atoms with Gasteiger partial charge in [0, 0.05) is 23.7 Å². The highest BCUT2D eigenvalue weighted by atomic mass is 79.9. The maximum absolute atomic E-state index is 8.54. The van der Waals surface area contributed by atoms with E-state index in [-0.39, 0.29) is 6.61 Å². The Morgan fingerprint density at radius 2 is 2.23 bits per heavy atom. The van der Waals surface area contributed by atoms with E-state index in [4.69, 9.17) is 9.84 Å². The fourth-order valence-electron chi connectivity index (χ4n) is 0.742. The second-order valence-corrected chi connectivity index (χ2v) is 4.14. The van der Waals surface area contributed by atoms with Crippen LogP contribution in [0.2, 0.25) is 0 Å². The topological polar surface area (TPSA) is 42.4 Å². The highest BCUT2D eigenvalue weighted by molar-refractivity contribution is 9.11. The van der Waals surface area contributed by atoms with Gasteiger partial charge in [-0.05, 0) is 37.9 Å². The molecular formula is C8H9Br2NO2. The van der Waals surface area contributed by atoms with Crippen molar-refractivity contribution in [2.75, 3.05) is 13.2 Å². The second-order valence-electron chi connectivity index (χ2n) is 2.37. The molecule has 0 amide bonds. The highest BCUT2D eigenvalue weighted by Crippen LogP contribution is 2.25. The minimum Gasteiger partial charge on any atom is -0.477 e. The van der Waals surface area contributed by atoms with E-state index < -0.39 is 0 Å². The Labute approximate surface area is 93.4 Å². The molecule has 0 aliphatic rings. The summed E-state index contributed by atoms with van der Waals surface area (Å²) in [5, 5.41) is 8.54. The molecule has 5 heteroatoms. The van der Waals surface area contributed by atoms with E-state index >= 15 is 0 Å². The van der Waals surface area contributed by atoms with E-state index in [1.807, 2.05) is 6.07 Å². The molecule has 0 bridgehead atoms. The van der Waals surface area contributed by atoms with Crippen LogP contribution >= 0.6 is 31.9 Å². The molecule has 1 heterocycles. The van der Waals surface area contributed by atoms with Crippen LogP contribution in [0.15, 0.2) is 21.2 Å². The third-order valence-electron chi connectivity index (χ3n) is 1.32. The van der Waals surface area contributed by atoms with E-state index in [9.17, 15) is 0 Å². The van der Waals surface area contributed by atoms with E-state index in [1.54, 1.807) is 6.20 Å². The molecule has 0 saturated carbocycles. The minimum atomic E-state index is 0.133. The van der Waals surface area contributed by atoms with E-state index in [1.165, 1.54) is 0 Å². The molecule has 3 nitrogen and oxygen atoms in total. The monoisotopic (exact) mass is 309 g/mol. The van der Waals surface area contributed by atoms with Crippen LogP contribution in [0, 0.1) is 0 Å².